The van der Waals surface area contributed by atoms with Crippen LogP contribution in [-0.2, 0) is 30.0 Å². The van der Waals surface area contributed by atoms with Crippen molar-refractivity contribution >= 4 is 40.8 Å². The summed E-state index contributed by atoms with van der Waals surface area (Å²) in [6.07, 6.45) is -4.76. The van der Waals surface area contributed by atoms with Gasteiger partial charge < -0.3 is 19.1 Å². The van der Waals surface area contributed by atoms with Gasteiger partial charge in [-0.3, -0.25) is 0 Å². The number of alkyl halides is 3. The highest BCUT2D eigenvalue weighted by atomic mass is 35.5. The van der Waals surface area contributed by atoms with Gasteiger partial charge in [-0.05, 0) is 12.1 Å². The van der Waals surface area contributed by atoms with Crippen molar-refractivity contribution in [2.45, 2.75) is 6.18 Å². The number of benzene rings is 1. The third-order valence-electron chi connectivity index (χ3n) is 3.48. The van der Waals surface area contributed by atoms with E-state index in [4.69, 9.17) is 27.9 Å². The van der Waals surface area contributed by atoms with Crippen molar-refractivity contribution in [1.82, 2.24) is 0 Å². The van der Waals surface area contributed by atoms with Crippen LogP contribution < -0.4 is 4.90 Å². The molecule has 0 amide bonds. The largest absolute Gasteiger partial charge is 0.466 e. The van der Waals surface area contributed by atoms with E-state index in [-0.39, 0.29) is 35.3 Å². The minimum Gasteiger partial charge on any atom is -0.466 e. The molecule has 1 heterocycles. The van der Waals surface area contributed by atoms with Crippen LogP contribution in [-0.4, -0.2) is 39.5 Å². The van der Waals surface area contributed by atoms with Gasteiger partial charge in [0.2, 0.25) is 0 Å². The summed E-state index contributed by atoms with van der Waals surface area (Å²) in [5, 5.41) is -0.930. The monoisotopic (exact) mass is 413 g/mol. The predicted molar refractivity (Wildman–Crippen MR) is 85.8 cm³/mol. The Morgan fingerprint density at radius 3 is 2.31 bits per heavy atom. The van der Waals surface area contributed by atoms with Crippen molar-refractivity contribution < 1.29 is 37.0 Å². The quantitative estimate of drug-likeness (QED) is 0.707. The lowest BCUT2D eigenvalue weighted by Crippen LogP contribution is -2.39. The highest BCUT2D eigenvalue weighted by Crippen LogP contribution is 2.45. The number of hydrogen-bond donors (Lipinski definition) is 0. The van der Waals surface area contributed by atoms with Gasteiger partial charge in [0.25, 0.3) is 0 Å². The van der Waals surface area contributed by atoms with Gasteiger partial charge in [0.15, 0.2) is 0 Å². The summed E-state index contributed by atoms with van der Waals surface area (Å²) in [7, 11) is 2.13. The molecule has 6 nitrogen and oxygen atoms in total. The van der Waals surface area contributed by atoms with Crippen LogP contribution in [0.25, 0.3) is 0 Å². The molecule has 26 heavy (non-hydrogen) atoms. The third kappa shape index (κ3) is 3.74. The molecule has 0 saturated carbocycles. The van der Waals surface area contributed by atoms with Gasteiger partial charge >= 0.3 is 18.1 Å². The molecule has 1 aromatic rings. The number of ether oxygens (including phenoxy) is 3. The topological polar surface area (TPSA) is 65.1 Å². The van der Waals surface area contributed by atoms with E-state index < -0.39 is 28.7 Å². The number of rotatable bonds is 3. The molecule has 0 unspecified atom stereocenters. The maximum absolute atomic E-state index is 13.2. The molecule has 1 aliphatic heterocycles. The molecule has 0 fully saturated rings. The number of carbonyl (C=O) groups excluding carboxylic acids is 2. The third-order valence-corrected chi connectivity index (χ3v) is 4.16. The zero-order chi connectivity index (χ0) is 19.6. The first-order valence-corrected chi connectivity index (χ1v) is 7.69. The fourth-order valence-electron chi connectivity index (χ4n) is 2.33. The second-order valence-electron chi connectivity index (χ2n) is 4.97. The Morgan fingerprint density at radius 2 is 1.77 bits per heavy atom. The fourth-order valence-corrected chi connectivity index (χ4v) is 3.01. The van der Waals surface area contributed by atoms with E-state index in [1.165, 1.54) is 0 Å². The fraction of sp³-hybridized carbons (Fsp3) is 0.333. The highest BCUT2D eigenvalue weighted by molar-refractivity contribution is 6.40. The van der Waals surface area contributed by atoms with Crippen LogP contribution in [0.1, 0.15) is 5.56 Å². The first kappa shape index (κ1) is 20.3. The molecule has 0 atom stereocenters. The Balaban J connectivity index is 2.73. The number of hydrogen-bond acceptors (Lipinski definition) is 6. The standard InChI is InChI=1S/C15H12Cl2F3NO5/c1-24-13(22)7-5-26-6-21(11(7)14(23)25-2)12-9(16)4-3-8(10(12)17)15(18,19)20/h3-4H,5-6H2,1-2H3. The Kier molecular flexibility index (Phi) is 6.05. The number of esters is 2. The molecular formula is C15H12Cl2F3NO5. The van der Waals surface area contributed by atoms with Crippen LogP contribution >= 0.6 is 23.2 Å². The SMILES string of the molecule is COC(=O)C1=C(C(=O)OC)N(c2c(Cl)ccc(C(F)(F)F)c2Cl)COC1. The second-order valence-corrected chi connectivity index (χ2v) is 5.76. The van der Waals surface area contributed by atoms with E-state index in [1.54, 1.807) is 0 Å². The molecule has 11 heteroatoms. The van der Waals surface area contributed by atoms with E-state index in [0.717, 1.165) is 25.2 Å². The number of nitrogens with zero attached hydrogens (tertiary/aromatic N) is 1. The Hall–Kier alpha value is -1.97. The number of methoxy groups -OCH3 is 2. The molecule has 0 aromatic heterocycles. The summed E-state index contributed by atoms with van der Waals surface area (Å²) in [6.45, 7) is -0.687. The van der Waals surface area contributed by atoms with Crippen molar-refractivity contribution in [3.05, 3.63) is 39.0 Å². The van der Waals surface area contributed by atoms with Crippen molar-refractivity contribution in [3.8, 4) is 0 Å². The first-order chi connectivity index (χ1) is 12.1. The highest BCUT2D eigenvalue weighted by Gasteiger charge is 2.39. The molecule has 0 spiro atoms. The number of halogens is 5. The summed E-state index contributed by atoms with van der Waals surface area (Å²) < 4.78 is 53.9. The number of carbonyl (C=O) groups is 2. The number of anilines is 1. The predicted octanol–water partition coefficient (Wildman–Crippen LogP) is 3.41. The molecule has 1 aliphatic rings. The lowest BCUT2D eigenvalue weighted by Gasteiger charge is -2.32. The average molecular weight is 414 g/mol. The van der Waals surface area contributed by atoms with E-state index in [0.29, 0.717) is 6.07 Å². The van der Waals surface area contributed by atoms with Crippen molar-refractivity contribution in [2.75, 3.05) is 32.5 Å². The molecule has 0 saturated heterocycles. The summed E-state index contributed by atoms with van der Waals surface area (Å²) >= 11 is 11.9. The van der Waals surface area contributed by atoms with Crippen LogP contribution in [0.4, 0.5) is 18.9 Å². The van der Waals surface area contributed by atoms with Crippen molar-refractivity contribution in [1.29, 1.82) is 0 Å². The lowest BCUT2D eigenvalue weighted by molar-refractivity contribution is -0.140. The second kappa shape index (κ2) is 7.73. The first-order valence-electron chi connectivity index (χ1n) is 6.93. The molecular weight excluding hydrogens is 402 g/mol. The zero-order valence-electron chi connectivity index (χ0n) is 13.4. The maximum Gasteiger partial charge on any atom is 0.417 e. The van der Waals surface area contributed by atoms with Gasteiger partial charge in [-0.1, -0.05) is 23.2 Å². The molecule has 0 bridgehead atoms. The molecule has 2 rings (SSSR count). The molecule has 0 radical (unpaired) electrons. The molecule has 1 aromatic carbocycles. The molecule has 0 N–H and O–H groups in total. The van der Waals surface area contributed by atoms with E-state index >= 15 is 0 Å². The summed E-state index contributed by atoms with van der Waals surface area (Å²) in [5.74, 6) is -1.90. The smallest absolute Gasteiger partial charge is 0.417 e. The van der Waals surface area contributed by atoms with Gasteiger partial charge in [0, 0.05) is 0 Å². The summed E-state index contributed by atoms with van der Waals surface area (Å²) in [6, 6.07) is 1.69. The van der Waals surface area contributed by atoms with Gasteiger partial charge in [0.1, 0.15) is 12.4 Å². The Morgan fingerprint density at radius 1 is 1.15 bits per heavy atom. The van der Waals surface area contributed by atoms with Crippen molar-refractivity contribution in [3.63, 3.8) is 0 Å². The van der Waals surface area contributed by atoms with E-state index in [2.05, 4.69) is 9.47 Å². The van der Waals surface area contributed by atoms with Crippen LogP contribution in [0.2, 0.25) is 10.0 Å². The lowest BCUT2D eigenvalue weighted by atomic mass is 10.1. The van der Waals surface area contributed by atoms with Gasteiger partial charge in [-0.15, -0.1) is 0 Å². The molecule has 142 valence electrons. The average Bonchev–Trinajstić information content (AvgIpc) is 2.59. The maximum atomic E-state index is 13.2. The van der Waals surface area contributed by atoms with Crippen LogP contribution in [0.3, 0.4) is 0 Å². The van der Waals surface area contributed by atoms with E-state index in [1.807, 2.05) is 0 Å². The minimum absolute atomic E-state index is 0.181. The van der Waals surface area contributed by atoms with Crippen molar-refractivity contribution in [2.24, 2.45) is 0 Å². The molecule has 0 aliphatic carbocycles. The van der Waals surface area contributed by atoms with Crippen LogP contribution in [0.5, 0.6) is 0 Å². The Bertz CT molecular complexity index is 779. The normalized spacial score (nSPS) is 15.1. The van der Waals surface area contributed by atoms with Gasteiger partial charge in [0.05, 0.1) is 47.7 Å². The zero-order valence-corrected chi connectivity index (χ0v) is 15.0. The van der Waals surface area contributed by atoms with Gasteiger partial charge in [-0.25, -0.2) is 9.59 Å². The van der Waals surface area contributed by atoms with Crippen LogP contribution in [0.15, 0.2) is 23.4 Å². The summed E-state index contributed by atoms with van der Waals surface area (Å²) in [5.41, 5.74) is -2.11. The van der Waals surface area contributed by atoms with Crippen LogP contribution in [0, 0.1) is 0 Å². The summed E-state index contributed by atoms with van der Waals surface area (Å²) in [4.78, 5) is 25.1. The van der Waals surface area contributed by atoms with Gasteiger partial charge in [-0.2, -0.15) is 13.2 Å². The van der Waals surface area contributed by atoms with E-state index in [9.17, 15) is 22.8 Å². The Labute approximate surface area is 156 Å². The minimum atomic E-state index is -4.76.